The normalized spacial score (nSPS) is 11.5. The molecule has 0 atom stereocenters. The molecular weight excluding hydrogens is 240 g/mol. The highest BCUT2D eigenvalue weighted by atomic mass is 16.5. The van der Waals surface area contributed by atoms with E-state index in [1.807, 2.05) is 38.1 Å². The number of nitrogens with two attached hydrogens (primary N) is 1. The molecule has 0 saturated heterocycles. The Morgan fingerprint density at radius 1 is 1.32 bits per heavy atom. The van der Waals surface area contributed by atoms with Gasteiger partial charge in [-0.1, -0.05) is 26.0 Å². The second kappa shape index (κ2) is 6.57. The van der Waals surface area contributed by atoms with Gasteiger partial charge in [0.25, 0.3) is 5.91 Å². The van der Waals surface area contributed by atoms with Crippen molar-refractivity contribution in [1.29, 1.82) is 0 Å². The van der Waals surface area contributed by atoms with Gasteiger partial charge in [0.1, 0.15) is 5.75 Å². The highest BCUT2D eigenvalue weighted by Crippen LogP contribution is 2.18. The summed E-state index contributed by atoms with van der Waals surface area (Å²) in [7, 11) is 0. The van der Waals surface area contributed by atoms with Gasteiger partial charge in [0.05, 0.1) is 0 Å². The highest BCUT2D eigenvalue weighted by molar-refractivity contribution is 5.78. The summed E-state index contributed by atoms with van der Waals surface area (Å²) in [5.41, 5.74) is 6.40. The molecule has 1 aromatic carbocycles. The van der Waals surface area contributed by atoms with Crippen molar-refractivity contribution in [2.45, 2.75) is 39.2 Å². The molecule has 0 aliphatic carbocycles. The molecule has 0 fully saturated rings. The van der Waals surface area contributed by atoms with Crippen LogP contribution in [-0.4, -0.2) is 24.6 Å². The third-order valence-corrected chi connectivity index (χ3v) is 2.90. The van der Waals surface area contributed by atoms with Gasteiger partial charge < -0.3 is 15.8 Å². The fourth-order valence-corrected chi connectivity index (χ4v) is 1.56. The van der Waals surface area contributed by atoms with E-state index in [0.29, 0.717) is 18.2 Å². The number of carbonyl (C=O) groups excluding carboxylic acids is 1. The van der Waals surface area contributed by atoms with Crippen LogP contribution in [0.25, 0.3) is 0 Å². The second-order valence-corrected chi connectivity index (χ2v) is 5.65. The first kappa shape index (κ1) is 15.5. The largest absolute Gasteiger partial charge is 0.484 e. The number of benzene rings is 1. The average molecular weight is 264 g/mol. The van der Waals surface area contributed by atoms with E-state index in [-0.39, 0.29) is 12.5 Å². The minimum absolute atomic E-state index is 0.00442. The van der Waals surface area contributed by atoms with Crippen LogP contribution in [0.15, 0.2) is 24.3 Å². The summed E-state index contributed by atoms with van der Waals surface area (Å²) >= 11 is 0. The van der Waals surface area contributed by atoms with Gasteiger partial charge in [-0.05, 0) is 37.5 Å². The molecule has 1 aromatic rings. The topological polar surface area (TPSA) is 64.3 Å². The molecule has 0 radical (unpaired) electrons. The molecule has 1 rings (SSSR count). The summed E-state index contributed by atoms with van der Waals surface area (Å²) in [6.45, 7) is 8.42. The monoisotopic (exact) mass is 264 g/mol. The van der Waals surface area contributed by atoms with Gasteiger partial charge in [-0.3, -0.25) is 4.79 Å². The maximum Gasteiger partial charge on any atom is 0.258 e. The summed E-state index contributed by atoms with van der Waals surface area (Å²) in [6, 6.07) is 7.80. The minimum Gasteiger partial charge on any atom is -0.484 e. The number of hydrogen-bond donors (Lipinski definition) is 2. The minimum atomic E-state index is -0.401. The smallest absolute Gasteiger partial charge is 0.258 e. The zero-order valence-electron chi connectivity index (χ0n) is 12.2. The van der Waals surface area contributed by atoms with Crippen molar-refractivity contribution >= 4 is 5.91 Å². The van der Waals surface area contributed by atoms with E-state index >= 15 is 0 Å². The SMILES string of the molecule is CC(C)c1ccc(OCC(=O)NC(C)(C)CN)cc1. The summed E-state index contributed by atoms with van der Waals surface area (Å²) in [5, 5.41) is 2.82. The average Bonchev–Trinajstić information content (AvgIpc) is 2.36. The Kier molecular flexibility index (Phi) is 5.36. The van der Waals surface area contributed by atoms with Gasteiger partial charge in [-0.25, -0.2) is 0 Å². The summed E-state index contributed by atoms with van der Waals surface area (Å²) < 4.78 is 5.44. The third-order valence-electron chi connectivity index (χ3n) is 2.90. The molecule has 4 heteroatoms. The maximum absolute atomic E-state index is 11.7. The third kappa shape index (κ3) is 5.30. The van der Waals surface area contributed by atoms with E-state index in [2.05, 4.69) is 19.2 Å². The van der Waals surface area contributed by atoms with Crippen LogP contribution >= 0.6 is 0 Å². The lowest BCUT2D eigenvalue weighted by molar-refractivity contribution is -0.124. The molecule has 0 spiro atoms. The van der Waals surface area contributed by atoms with E-state index in [1.165, 1.54) is 5.56 Å². The standard InChI is InChI=1S/C15H24N2O2/c1-11(2)12-5-7-13(8-6-12)19-9-14(18)17-15(3,4)10-16/h5-8,11H,9-10,16H2,1-4H3,(H,17,18). The lowest BCUT2D eigenvalue weighted by atomic mass is 10.0. The van der Waals surface area contributed by atoms with Crippen molar-refractivity contribution in [3.8, 4) is 5.75 Å². The number of ether oxygens (including phenoxy) is 1. The van der Waals surface area contributed by atoms with E-state index < -0.39 is 5.54 Å². The fourth-order valence-electron chi connectivity index (χ4n) is 1.56. The van der Waals surface area contributed by atoms with E-state index in [1.54, 1.807) is 0 Å². The van der Waals surface area contributed by atoms with Gasteiger partial charge >= 0.3 is 0 Å². The molecule has 4 nitrogen and oxygen atoms in total. The number of nitrogens with one attached hydrogen (secondary N) is 1. The zero-order chi connectivity index (χ0) is 14.5. The van der Waals surface area contributed by atoms with Crippen LogP contribution in [-0.2, 0) is 4.79 Å². The summed E-state index contributed by atoms with van der Waals surface area (Å²) in [5.74, 6) is 1.02. The van der Waals surface area contributed by atoms with Crippen LogP contribution in [0.2, 0.25) is 0 Å². The number of hydrogen-bond acceptors (Lipinski definition) is 3. The first-order valence-corrected chi connectivity index (χ1v) is 6.58. The number of carbonyl (C=O) groups is 1. The Balaban J connectivity index is 2.46. The van der Waals surface area contributed by atoms with Crippen LogP contribution in [0.3, 0.4) is 0 Å². The van der Waals surface area contributed by atoms with Crippen molar-refractivity contribution in [2.75, 3.05) is 13.2 Å². The van der Waals surface area contributed by atoms with Crippen molar-refractivity contribution < 1.29 is 9.53 Å². The molecule has 0 aliphatic rings. The molecule has 0 saturated carbocycles. The first-order valence-electron chi connectivity index (χ1n) is 6.58. The predicted molar refractivity (Wildman–Crippen MR) is 77.3 cm³/mol. The molecule has 19 heavy (non-hydrogen) atoms. The van der Waals surface area contributed by atoms with Gasteiger partial charge in [0, 0.05) is 12.1 Å². The zero-order valence-corrected chi connectivity index (χ0v) is 12.2. The lowest BCUT2D eigenvalue weighted by Gasteiger charge is -2.24. The van der Waals surface area contributed by atoms with Crippen LogP contribution in [0.1, 0.15) is 39.2 Å². The van der Waals surface area contributed by atoms with Crippen LogP contribution < -0.4 is 15.8 Å². The number of amides is 1. The summed E-state index contributed by atoms with van der Waals surface area (Å²) in [4.78, 5) is 11.7. The Morgan fingerprint density at radius 2 is 1.89 bits per heavy atom. The second-order valence-electron chi connectivity index (χ2n) is 5.65. The molecule has 0 bridgehead atoms. The van der Waals surface area contributed by atoms with E-state index in [4.69, 9.17) is 10.5 Å². The molecule has 3 N–H and O–H groups in total. The van der Waals surface area contributed by atoms with Gasteiger partial charge in [0.15, 0.2) is 6.61 Å². The van der Waals surface area contributed by atoms with Gasteiger partial charge in [-0.2, -0.15) is 0 Å². The van der Waals surface area contributed by atoms with Crippen LogP contribution in [0, 0.1) is 0 Å². The highest BCUT2D eigenvalue weighted by Gasteiger charge is 2.18. The first-order chi connectivity index (χ1) is 8.84. The van der Waals surface area contributed by atoms with E-state index in [9.17, 15) is 4.79 Å². The molecule has 0 unspecified atom stereocenters. The fraction of sp³-hybridized carbons (Fsp3) is 0.533. The van der Waals surface area contributed by atoms with Gasteiger partial charge in [0.2, 0.25) is 0 Å². The molecule has 0 aliphatic heterocycles. The van der Waals surface area contributed by atoms with Crippen molar-refractivity contribution in [3.05, 3.63) is 29.8 Å². The molecule has 1 amide bonds. The Bertz CT molecular complexity index is 411. The number of rotatable bonds is 6. The van der Waals surface area contributed by atoms with Crippen molar-refractivity contribution in [1.82, 2.24) is 5.32 Å². The Hall–Kier alpha value is -1.55. The quantitative estimate of drug-likeness (QED) is 0.826. The van der Waals surface area contributed by atoms with Crippen molar-refractivity contribution in [3.63, 3.8) is 0 Å². The van der Waals surface area contributed by atoms with Crippen molar-refractivity contribution in [2.24, 2.45) is 5.73 Å². The van der Waals surface area contributed by atoms with E-state index in [0.717, 1.165) is 0 Å². The molecule has 0 heterocycles. The molecular formula is C15H24N2O2. The van der Waals surface area contributed by atoms with Crippen LogP contribution in [0.4, 0.5) is 0 Å². The van der Waals surface area contributed by atoms with Gasteiger partial charge in [-0.15, -0.1) is 0 Å². The lowest BCUT2D eigenvalue weighted by Crippen LogP contribution is -2.50. The molecule has 0 aromatic heterocycles. The Labute approximate surface area is 115 Å². The summed E-state index contributed by atoms with van der Waals surface area (Å²) in [6.07, 6.45) is 0. The molecule has 106 valence electrons. The predicted octanol–water partition coefficient (Wildman–Crippen LogP) is 2.04. The van der Waals surface area contributed by atoms with Crippen LogP contribution in [0.5, 0.6) is 5.75 Å². The Morgan fingerprint density at radius 3 is 2.37 bits per heavy atom. The maximum atomic E-state index is 11.7.